The van der Waals surface area contributed by atoms with Crippen LogP contribution in [0.15, 0.2) is 6.20 Å². The second-order valence-corrected chi connectivity index (χ2v) is 6.79. The Kier molecular flexibility index (Phi) is 6.08. The van der Waals surface area contributed by atoms with Gasteiger partial charge in [-0.2, -0.15) is 5.10 Å². The Morgan fingerprint density at radius 3 is 2.85 bits per heavy atom. The Morgan fingerprint density at radius 2 is 2.15 bits per heavy atom. The minimum Gasteiger partial charge on any atom is -0.314 e. The maximum atomic E-state index is 4.08. The van der Waals surface area contributed by atoms with Gasteiger partial charge in [0.15, 0.2) is 0 Å². The quantitative estimate of drug-likeness (QED) is 0.612. The van der Waals surface area contributed by atoms with Crippen LogP contribution in [-0.4, -0.2) is 22.8 Å². The first-order chi connectivity index (χ1) is 9.66. The topological polar surface area (TPSA) is 40.7 Å². The molecule has 1 aromatic rings. The van der Waals surface area contributed by atoms with Crippen molar-refractivity contribution in [3.8, 4) is 0 Å². The second-order valence-electron chi connectivity index (χ2n) is 6.79. The van der Waals surface area contributed by atoms with Crippen molar-refractivity contribution in [3.63, 3.8) is 0 Å². The van der Waals surface area contributed by atoms with E-state index in [4.69, 9.17) is 0 Å². The third-order valence-electron chi connectivity index (χ3n) is 4.95. The predicted molar refractivity (Wildman–Crippen MR) is 84.8 cm³/mol. The first kappa shape index (κ1) is 15.6. The van der Waals surface area contributed by atoms with Gasteiger partial charge in [0, 0.05) is 11.7 Å². The van der Waals surface area contributed by atoms with Crippen LogP contribution in [0.3, 0.4) is 0 Å². The van der Waals surface area contributed by atoms with E-state index < -0.39 is 0 Å². The molecule has 2 N–H and O–H groups in total. The van der Waals surface area contributed by atoms with Crippen LogP contribution in [0.1, 0.15) is 63.6 Å². The minimum atomic E-state index is 0.754. The van der Waals surface area contributed by atoms with Gasteiger partial charge in [-0.1, -0.05) is 26.7 Å². The van der Waals surface area contributed by atoms with Gasteiger partial charge >= 0.3 is 0 Å². The number of rotatable bonds is 6. The van der Waals surface area contributed by atoms with E-state index in [2.05, 4.69) is 36.3 Å². The first-order valence-electron chi connectivity index (χ1n) is 8.39. The fraction of sp³-hybridized carbons (Fsp3) is 0.824. The van der Waals surface area contributed by atoms with Crippen molar-refractivity contribution in [1.82, 2.24) is 15.5 Å². The summed E-state index contributed by atoms with van der Waals surface area (Å²) >= 11 is 0. The number of hydrogen-bond donors (Lipinski definition) is 2. The summed E-state index contributed by atoms with van der Waals surface area (Å²) in [6, 6.07) is 0.754. The number of H-pyrrole nitrogens is 1. The summed E-state index contributed by atoms with van der Waals surface area (Å²) in [5.41, 5.74) is 2.59. The van der Waals surface area contributed by atoms with Crippen molar-refractivity contribution in [2.45, 2.75) is 71.8 Å². The minimum absolute atomic E-state index is 0.754. The molecule has 0 saturated heterocycles. The Hall–Kier alpha value is -0.830. The number of aromatic amines is 1. The summed E-state index contributed by atoms with van der Waals surface area (Å²) in [6.07, 6.45) is 11.3. The van der Waals surface area contributed by atoms with Gasteiger partial charge in [0.1, 0.15) is 0 Å². The smallest absolute Gasteiger partial charge is 0.0522 e. The summed E-state index contributed by atoms with van der Waals surface area (Å²) in [7, 11) is 0. The predicted octanol–water partition coefficient (Wildman–Crippen LogP) is 3.85. The molecule has 0 aromatic carbocycles. The van der Waals surface area contributed by atoms with Gasteiger partial charge in [0.05, 0.1) is 6.20 Å². The van der Waals surface area contributed by atoms with Crippen molar-refractivity contribution in [1.29, 1.82) is 0 Å². The maximum absolute atomic E-state index is 4.08. The van der Waals surface area contributed by atoms with Crippen molar-refractivity contribution in [2.24, 2.45) is 11.8 Å². The molecule has 2 atom stereocenters. The number of hydrogen-bond acceptors (Lipinski definition) is 2. The highest BCUT2D eigenvalue weighted by atomic mass is 15.1. The molecule has 0 amide bonds. The Bertz CT molecular complexity index is 383. The molecule has 1 heterocycles. The third-order valence-corrected chi connectivity index (χ3v) is 4.95. The summed E-state index contributed by atoms with van der Waals surface area (Å²) in [4.78, 5) is 0. The molecule has 1 aromatic heterocycles. The first-order valence-corrected chi connectivity index (χ1v) is 8.39. The molecule has 20 heavy (non-hydrogen) atoms. The molecular weight excluding hydrogens is 246 g/mol. The van der Waals surface area contributed by atoms with Crippen LogP contribution in [0.4, 0.5) is 0 Å². The number of nitrogens with zero attached hydrogens (tertiary/aromatic N) is 1. The molecule has 1 aliphatic carbocycles. The highest BCUT2D eigenvalue weighted by molar-refractivity contribution is 5.14. The molecule has 0 bridgehead atoms. The maximum Gasteiger partial charge on any atom is 0.0522 e. The average molecular weight is 277 g/mol. The molecule has 0 radical (unpaired) electrons. The van der Waals surface area contributed by atoms with E-state index in [1.54, 1.807) is 0 Å². The molecule has 1 aliphatic rings. The Morgan fingerprint density at radius 1 is 1.30 bits per heavy atom. The summed E-state index contributed by atoms with van der Waals surface area (Å²) in [6.45, 7) is 8.01. The zero-order valence-corrected chi connectivity index (χ0v) is 13.4. The van der Waals surface area contributed by atoms with E-state index in [9.17, 15) is 0 Å². The van der Waals surface area contributed by atoms with Crippen LogP contribution in [-0.2, 0) is 6.42 Å². The lowest BCUT2D eigenvalue weighted by Crippen LogP contribution is -2.29. The zero-order valence-electron chi connectivity index (χ0n) is 13.4. The highest BCUT2D eigenvalue weighted by Crippen LogP contribution is 2.28. The molecule has 2 rings (SSSR count). The van der Waals surface area contributed by atoms with Gasteiger partial charge in [-0.15, -0.1) is 0 Å². The Balaban J connectivity index is 1.63. The number of nitrogens with one attached hydrogen (secondary N) is 2. The molecule has 1 fully saturated rings. The van der Waals surface area contributed by atoms with Gasteiger partial charge in [0.2, 0.25) is 0 Å². The lowest BCUT2D eigenvalue weighted by Gasteiger charge is -2.19. The number of aromatic nitrogens is 2. The van der Waals surface area contributed by atoms with Crippen LogP contribution < -0.4 is 5.32 Å². The van der Waals surface area contributed by atoms with Gasteiger partial charge in [-0.05, 0) is 63.0 Å². The Labute approximate surface area is 123 Å². The molecule has 2 unspecified atom stereocenters. The SMILES string of the molecule is Cc1[nH]ncc1CCCNC1CCCC(C(C)C)CC1. The molecule has 0 aliphatic heterocycles. The lowest BCUT2D eigenvalue weighted by molar-refractivity contribution is 0.338. The van der Waals surface area contributed by atoms with Crippen molar-refractivity contribution in [3.05, 3.63) is 17.5 Å². The molecular formula is C17H31N3. The van der Waals surface area contributed by atoms with Crippen molar-refractivity contribution >= 4 is 0 Å². The normalized spacial score (nSPS) is 24.0. The van der Waals surface area contributed by atoms with E-state index >= 15 is 0 Å². The molecule has 3 nitrogen and oxygen atoms in total. The molecule has 0 spiro atoms. The highest BCUT2D eigenvalue weighted by Gasteiger charge is 2.20. The van der Waals surface area contributed by atoms with E-state index in [0.717, 1.165) is 30.8 Å². The largest absolute Gasteiger partial charge is 0.314 e. The van der Waals surface area contributed by atoms with Crippen LogP contribution >= 0.6 is 0 Å². The summed E-state index contributed by atoms with van der Waals surface area (Å²) < 4.78 is 0. The zero-order chi connectivity index (χ0) is 14.4. The van der Waals surface area contributed by atoms with Crippen LogP contribution in [0, 0.1) is 18.8 Å². The fourth-order valence-electron chi connectivity index (χ4n) is 3.41. The lowest BCUT2D eigenvalue weighted by atomic mass is 9.89. The third kappa shape index (κ3) is 4.62. The van der Waals surface area contributed by atoms with Crippen LogP contribution in [0.2, 0.25) is 0 Å². The fourth-order valence-corrected chi connectivity index (χ4v) is 3.41. The van der Waals surface area contributed by atoms with E-state index in [1.165, 1.54) is 49.8 Å². The van der Waals surface area contributed by atoms with Gasteiger partial charge in [-0.25, -0.2) is 0 Å². The van der Waals surface area contributed by atoms with Crippen molar-refractivity contribution in [2.75, 3.05) is 6.54 Å². The van der Waals surface area contributed by atoms with Gasteiger partial charge < -0.3 is 5.32 Å². The molecule has 114 valence electrons. The van der Waals surface area contributed by atoms with Gasteiger partial charge in [-0.3, -0.25) is 5.10 Å². The van der Waals surface area contributed by atoms with E-state index in [0.29, 0.717) is 0 Å². The molecule has 3 heteroatoms. The van der Waals surface area contributed by atoms with Gasteiger partial charge in [0.25, 0.3) is 0 Å². The van der Waals surface area contributed by atoms with Crippen LogP contribution in [0.25, 0.3) is 0 Å². The molecule has 1 saturated carbocycles. The second kappa shape index (κ2) is 7.82. The average Bonchev–Trinajstić information content (AvgIpc) is 2.69. The van der Waals surface area contributed by atoms with Crippen molar-refractivity contribution < 1.29 is 0 Å². The number of aryl methyl sites for hydroxylation is 2. The summed E-state index contributed by atoms with van der Waals surface area (Å²) in [5.74, 6) is 1.81. The van der Waals surface area contributed by atoms with Crippen LogP contribution in [0.5, 0.6) is 0 Å². The van der Waals surface area contributed by atoms with E-state index in [1.807, 2.05) is 6.20 Å². The standard InChI is InChI=1S/C17H31N3/c1-13(2)15-6-4-8-17(10-9-15)18-11-5-7-16-12-19-20-14(16)3/h12-13,15,17-18H,4-11H2,1-3H3,(H,19,20). The summed E-state index contributed by atoms with van der Waals surface area (Å²) in [5, 5.41) is 10.9. The monoisotopic (exact) mass is 277 g/mol. The van der Waals surface area contributed by atoms with E-state index in [-0.39, 0.29) is 0 Å².